The fraction of sp³-hybridized carbons (Fsp3) is 0.455. The molecule has 0 amide bonds. The molecule has 0 radical (unpaired) electrons. The predicted octanol–water partition coefficient (Wildman–Crippen LogP) is -7.91. The van der Waals surface area contributed by atoms with Crippen LogP contribution >= 0.6 is 12.2 Å². The number of hydrogen-bond donors (Lipinski definition) is 1. The maximum absolute atomic E-state index is 12.1. The van der Waals surface area contributed by atoms with Gasteiger partial charge in [0.05, 0.1) is 0 Å². The van der Waals surface area contributed by atoms with Gasteiger partial charge in [0.15, 0.2) is 4.77 Å². The largest absolute Gasteiger partial charge is 1.00 e. The van der Waals surface area contributed by atoms with Gasteiger partial charge in [0.25, 0.3) is 5.56 Å². The molecular formula is C11H12K2N4O6S. The Labute approximate surface area is 226 Å². The second-order valence-corrected chi connectivity index (χ2v) is 4.47. The zero-order valence-corrected chi connectivity index (χ0v) is 20.6. The van der Waals surface area contributed by atoms with Gasteiger partial charge in [-0.2, -0.15) is 5.11 Å². The minimum Gasteiger partial charge on any atom is -0.550 e. The summed E-state index contributed by atoms with van der Waals surface area (Å²) in [7, 11) is 1.26. The van der Waals surface area contributed by atoms with Crippen molar-refractivity contribution in [3.8, 4) is 5.88 Å². The van der Waals surface area contributed by atoms with Crippen LogP contribution in [0.3, 0.4) is 0 Å². The molecule has 1 aromatic heterocycles. The number of carboxylic acids is 2. The summed E-state index contributed by atoms with van der Waals surface area (Å²) in [6.45, 7) is -0.581. The monoisotopic (exact) mass is 406 g/mol. The Morgan fingerprint density at radius 3 is 2.00 bits per heavy atom. The fourth-order valence-electron chi connectivity index (χ4n) is 1.67. The number of azo groups is 1. The Morgan fingerprint density at radius 2 is 1.58 bits per heavy atom. The molecule has 1 N–H and O–H groups in total. The summed E-state index contributed by atoms with van der Waals surface area (Å²) in [6.07, 6.45) is -0.958. The van der Waals surface area contributed by atoms with E-state index in [0.717, 1.165) is 9.13 Å². The van der Waals surface area contributed by atoms with Gasteiger partial charge in [-0.25, -0.2) is 0 Å². The summed E-state index contributed by atoms with van der Waals surface area (Å²) in [5.74, 6) is -3.42. The van der Waals surface area contributed by atoms with Gasteiger partial charge >= 0.3 is 103 Å². The molecule has 0 aliphatic heterocycles. The van der Waals surface area contributed by atoms with Crippen molar-refractivity contribution in [2.75, 3.05) is 7.05 Å². The van der Waals surface area contributed by atoms with Gasteiger partial charge in [-0.1, -0.05) is 0 Å². The van der Waals surface area contributed by atoms with Crippen molar-refractivity contribution in [2.45, 2.75) is 25.9 Å². The maximum Gasteiger partial charge on any atom is 1.00 e. The predicted molar refractivity (Wildman–Crippen MR) is 70.9 cm³/mol. The Morgan fingerprint density at radius 1 is 1.12 bits per heavy atom. The first kappa shape index (κ1) is 26.9. The summed E-state index contributed by atoms with van der Waals surface area (Å²) < 4.78 is 1.59. The van der Waals surface area contributed by atoms with E-state index < -0.39 is 41.9 Å². The van der Waals surface area contributed by atoms with E-state index in [-0.39, 0.29) is 121 Å². The molecule has 0 atom stereocenters. The van der Waals surface area contributed by atoms with Gasteiger partial charge in [0, 0.05) is 44.9 Å². The third kappa shape index (κ3) is 7.53. The molecular weight excluding hydrogens is 394 g/mol. The van der Waals surface area contributed by atoms with Gasteiger partial charge < -0.3 is 24.9 Å². The zero-order valence-electron chi connectivity index (χ0n) is 13.5. The Balaban J connectivity index is 0. The van der Waals surface area contributed by atoms with Crippen molar-refractivity contribution in [3.05, 3.63) is 15.1 Å². The molecule has 1 heterocycles. The molecule has 0 saturated heterocycles. The van der Waals surface area contributed by atoms with Crippen LogP contribution in [0.25, 0.3) is 0 Å². The van der Waals surface area contributed by atoms with Crippen LogP contribution in [0.4, 0.5) is 5.69 Å². The topological polar surface area (TPSA) is 152 Å². The molecule has 0 unspecified atom stereocenters. The molecule has 120 valence electrons. The maximum atomic E-state index is 12.1. The molecule has 0 saturated carbocycles. The minimum atomic E-state index is -1.39. The molecule has 0 aromatic carbocycles. The average molecular weight is 407 g/mol. The third-order valence-electron chi connectivity index (χ3n) is 2.66. The van der Waals surface area contributed by atoms with Crippen LogP contribution in [-0.2, 0) is 22.7 Å². The van der Waals surface area contributed by atoms with Crippen LogP contribution in [-0.4, -0.2) is 33.2 Å². The van der Waals surface area contributed by atoms with Gasteiger partial charge in [-0.05, 0) is 12.2 Å². The van der Waals surface area contributed by atoms with E-state index in [4.69, 9.17) is 12.2 Å². The molecule has 0 aliphatic rings. The summed E-state index contributed by atoms with van der Waals surface area (Å²) >= 11 is 4.98. The van der Waals surface area contributed by atoms with E-state index in [1.54, 1.807) is 0 Å². The summed E-state index contributed by atoms with van der Waals surface area (Å²) in [4.78, 5) is 33.2. The molecule has 0 spiro atoms. The Hall–Kier alpha value is 0.713. The fourth-order valence-corrected chi connectivity index (χ4v) is 2.02. The normalized spacial score (nSPS) is 10.0. The molecule has 1 rings (SSSR count). The third-order valence-corrected chi connectivity index (χ3v) is 3.10. The van der Waals surface area contributed by atoms with Crippen LogP contribution in [0.15, 0.2) is 15.0 Å². The molecule has 10 nitrogen and oxygen atoms in total. The van der Waals surface area contributed by atoms with E-state index in [1.165, 1.54) is 7.05 Å². The first-order valence-electron chi connectivity index (χ1n) is 6.05. The van der Waals surface area contributed by atoms with Crippen molar-refractivity contribution >= 4 is 29.8 Å². The Bertz CT molecular complexity index is 745. The number of aromatic nitrogens is 2. The summed E-state index contributed by atoms with van der Waals surface area (Å²) in [6, 6.07) is 0. The summed E-state index contributed by atoms with van der Waals surface area (Å²) in [5, 5.41) is 37.9. The van der Waals surface area contributed by atoms with Crippen molar-refractivity contribution in [1.82, 2.24) is 9.13 Å². The number of carbonyl (C=O) groups is 2. The molecule has 0 fully saturated rings. The van der Waals surface area contributed by atoms with Crippen molar-refractivity contribution in [2.24, 2.45) is 10.2 Å². The number of hydrogen-bond acceptors (Lipinski definition) is 9. The summed E-state index contributed by atoms with van der Waals surface area (Å²) in [5.41, 5.74) is -1.30. The minimum absolute atomic E-state index is 0. The number of rotatable bonds is 7. The van der Waals surface area contributed by atoms with Gasteiger partial charge in [0.1, 0.15) is 0 Å². The number of aliphatic carboxylic acids is 2. The van der Waals surface area contributed by atoms with E-state index >= 15 is 0 Å². The number of carboxylic acid groups (broad SMARTS) is 2. The van der Waals surface area contributed by atoms with Crippen LogP contribution in [0, 0.1) is 4.77 Å². The molecule has 0 bridgehead atoms. The van der Waals surface area contributed by atoms with Crippen LogP contribution in [0.5, 0.6) is 5.88 Å². The van der Waals surface area contributed by atoms with Crippen molar-refractivity contribution < 1.29 is 128 Å². The smallest absolute Gasteiger partial charge is 0.550 e. The average Bonchev–Trinajstić information content (AvgIpc) is 2.42. The molecule has 1 aromatic rings. The first-order chi connectivity index (χ1) is 10.3. The SMILES string of the molecule is CN=Nc1c(O)n(CCC(=O)[O-])c(=S)n(CCC(=O)[O-])c1=O.[K+].[K+]. The number of aromatic hydroxyl groups is 1. The number of nitrogens with zero attached hydrogens (tertiary/aromatic N) is 4. The van der Waals surface area contributed by atoms with Crippen LogP contribution < -0.4 is 119 Å². The van der Waals surface area contributed by atoms with Crippen LogP contribution in [0.1, 0.15) is 12.8 Å². The van der Waals surface area contributed by atoms with Gasteiger partial charge in [0.2, 0.25) is 11.6 Å². The first-order valence-corrected chi connectivity index (χ1v) is 6.46. The van der Waals surface area contributed by atoms with Crippen LogP contribution in [0.2, 0.25) is 0 Å². The molecule has 13 heteroatoms. The molecule has 24 heavy (non-hydrogen) atoms. The standard InChI is InChI=1S/C11H14N4O6S.2K/c1-12-13-8-9(20)14(4-2-6(16)17)11(22)15(10(8)21)5-3-7(18)19;;/h20H,2-5H2,1H3,(H,16,17)(H,18,19);;/q;2*+1/p-2. The van der Waals surface area contributed by atoms with E-state index in [9.17, 15) is 29.7 Å². The second-order valence-electron chi connectivity index (χ2n) is 4.11. The van der Waals surface area contributed by atoms with E-state index in [0.29, 0.717) is 0 Å². The van der Waals surface area contributed by atoms with Gasteiger partial charge in [-0.15, -0.1) is 5.11 Å². The van der Waals surface area contributed by atoms with E-state index in [1.807, 2.05) is 0 Å². The Kier molecular flexibility index (Phi) is 14.6. The zero-order chi connectivity index (χ0) is 16.9. The quantitative estimate of drug-likeness (QED) is 0.268. The van der Waals surface area contributed by atoms with Crippen molar-refractivity contribution in [3.63, 3.8) is 0 Å². The van der Waals surface area contributed by atoms with Gasteiger partial charge in [-0.3, -0.25) is 13.9 Å². The second kappa shape index (κ2) is 13.0. The van der Waals surface area contributed by atoms with E-state index in [2.05, 4.69) is 10.2 Å². The molecule has 0 aliphatic carbocycles. The number of carbonyl (C=O) groups excluding carboxylic acids is 2. The van der Waals surface area contributed by atoms with Crippen molar-refractivity contribution in [1.29, 1.82) is 0 Å².